The topological polar surface area (TPSA) is 140 Å². The zero-order valence-electron chi connectivity index (χ0n) is 9.73. The van der Waals surface area contributed by atoms with Crippen molar-refractivity contribution < 1.29 is 43.9 Å². The molecule has 0 saturated heterocycles. The molecular weight excluding hydrogens is 252 g/mol. The van der Waals surface area contributed by atoms with E-state index in [-0.39, 0.29) is 6.42 Å². The quantitative estimate of drug-likeness (QED) is 0.482. The van der Waals surface area contributed by atoms with Crippen molar-refractivity contribution in [3.8, 4) is 0 Å². The van der Waals surface area contributed by atoms with Crippen LogP contribution in [-0.4, -0.2) is 52.1 Å². The number of hydrogen-bond donors (Lipinski definition) is 3. The van der Waals surface area contributed by atoms with Crippen LogP contribution in [0.15, 0.2) is 0 Å². The molecule has 0 spiro atoms. The monoisotopic (exact) mass is 266 g/mol. The smallest absolute Gasteiger partial charge is 0.450 e. The van der Waals surface area contributed by atoms with E-state index in [0.29, 0.717) is 0 Å². The summed E-state index contributed by atoms with van der Waals surface area (Å²) in [6.45, 7) is 2.66. The van der Waals surface area contributed by atoms with Crippen molar-refractivity contribution in [3.05, 3.63) is 0 Å². The lowest BCUT2D eigenvalue weighted by Gasteiger charge is -2.23. The molecule has 0 aromatic rings. The standard InChI is InChI=1S/C9H14O9/c1-4(16-7(10)11)3-6(18-9(14)15)5(2)17-8(12)13/h4-6H,3H2,1-2H3,(H,10,11)(H,12,13)(H,14,15). The largest absolute Gasteiger partial charge is 0.506 e. The van der Waals surface area contributed by atoms with Gasteiger partial charge in [-0.15, -0.1) is 0 Å². The lowest BCUT2D eigenvalue weighted by molar-refractivity contribution is -0.0526. The van der Waals surface area contributed by atoms with Crippen molar-refractivity contribution in [2.45, 2.75) is 38.6 Å². The summed E-state index contributed by atoms with van der Waals surface area (Å²) in [5, 5.41) is 25.2. The van der Waals surface area contributed by atoms with Crippen LogP contribution in [0.25, 0.3) is 0 Å². The number of rotatable bonds is 6. The molecule has 0 bridgehead atoms. The van der Waals surface area contributed by atoms with Gasteiger partial charge in [0.1, 0.15) is 18.3 Å². The number of carbonyl (C=O) groups is 3. The highest BCUT2D eigenvalue weighted by Crippen LogP contribution is 2.13. The average molecular weight is 266 g/mol. The molecule has 0 aromatic heterocycles. The van der Waals surface area contributed by atoms with Crippen molar-refractivity contribution in [3.63, 3.8) is 0 Å². The molecule has 0 saturated carbocycles. The molecule has 3 unspecified atom stereocenters. The van der Waals surface area contributed by atoms with Gasteiger partial charge in [0.05, 0.1) is 0 Å². The molecular formula is C9H14O9. The van der Waals surface area contributed by atoms with Crippen LogP contribution < -0.4 is 0 Å². The minimum atomic E-state index is -1.62. The summed E-state index contributed by atoms with van der Waals surface area (Å²) < 4.78 is 13.1. The third-order valence-electron chi connectivity index (χ3n) is 1.93. The van der Waals surface area contributed by atoms with Gasteiger partial charge in [0.2, 0.25) is 0 Å². The molecule has 0 aliphatic rings. The number of carboxylic acid groups (broad SMARTS) is 3. The van der Waals surface area contributed by atoms with Crippen LogP contribution in [0.4, 0.5) is 14.4 Å². The maximum absolute atomic E-state index is 10.4. The molecule has 0 radical (unpaired) electrons. The Morgan fingerprint density at radius 1 is 0.889 bits per heavy atom. The minimum absolute atomic E-state index is 0.160. The van der Waals surface area contributed by atoms with Crippen molar-refractivity contribution in [2.24, 2.45) is 0 Å². The zero-order chi connectivity index (χ0) is 14.3. The number of hydrogen-bond acceptors (Lipinski definition) is 6. The molecule has 3 atom stereocenters. The Morgan fingerprint density at radius 2 is 1.33 bits per heavy atom. The van der Waals surface area contributed by atoms with E-state index in [1.54, 1.807) is 0 Å². The summed E-state index contributed by atoms with van der Waals surface area (Å²) in [4.78, 5) is 31.0. The molecule has 0 heterocycles. The molecule has 0 amide bonds. The van der Waals surface area contributed by atoms with Gasteiger partial charge < -0.3 is 29.5 Å². The van der Waals surface area contributed by atoms with Crippen molar-refractivity contribution in [1.29, 1.82) is 0 Å². The Kier molecular flexibility index (Phi) is 6.32. The van der Waals surface area contributed by atoms with Crippen LogP contribution in [0.1, 0.15) is 20.3 Å². The van der Waals surface area contributed by atoms with Crippen LogP contribution in [0.5, 0.6) is 0 Å². The van der Waals surface area contributed by atoms with Crippen LogP contribution in [0.3, 0.4) is 0 Å². The molecule has 3 N–H and O–H groups in total. The fourth-order valence-corrected chi connectivity index (χ4v) is 1.25. The Bertz CT molecular complexity index is 313. The second-order valence-electron chi connectivity index (χ2n) is 3.44. The van der Waals surface area contributed by atoms with Crippen LogP contribution >= 0.6 is 0 Å². The average Bonchev–Trinajstić information content (AvgIpc) is 2.13. The second kappa shape index (κ2) is 7.20. The summed E-state index contributed by atoms with van der Waals surface area (Å²) >= 11 is 0. The van der Waals surface area contributed by atoms with E-state index in [1.165, 1.54) is 13.8 Å². The minimum Gasteiger partial charge on any atom is -0.450 e. The van der Waals surface area contributed by atoms with Crippen molar-refractivity contribution >= 4 is 18.5 Å². The van der Waals surface area contributed by atoms with E-state index in [9.17, 15) is 14.4 Å². The van der Waals surface area contributed by atoms with Gasteiger partial charge in [-0.1, -0.05) is 0 Å². The van der Waals surface area contributed by atoms with Gasteiger partial charge in [0.25, 0.3) is 0 Å². The SMILES string of the molecule is CC(CC(OC(=O)O)C(C)OC(=O)O)OC(=O)O. The summed E-state index contributed by atoms with van der Waals surface area (Å²) in [6.07, 6.45) is -8.01. The van der Waals surface area contributed by atoms with Gasteiger partial charge in [0.15, 0.2) is 0 Å². The predicted octanol–water partition coefficient (Wildman–Crippen LogP) is 1.61. The van der Waals surface area contributed by atoms with Crippen LogP contribution in [0, 0.1) is 0 Å². The fourth-order valence-electron chi connectivity index (χ4n) is 1.25. The van der Waals surface area contributed by atoms with E-state index < -0.39 is 36.8 Å². The lowest BCUT2D eigenvalue weighted by Crippen LogP contribution is -2.35. The molecule has 18 heavy (non-hydrogen) atoms. The van der Waals surface area contributed by atoms with E-state index in [1.807, 2.05) is 0 Å². The summed E-state index contributed by atoms with van der Waals surface area (Å²) in [6, 6.07) is 0. The van der Waals surface area contributed by atoms with Gasteiger partial charge in [-0.05, 0) is 13.8 Å². The van der Waals surface area contributed by atoms with Gasteiger partial charge in [-0.25, -0.2) is 14.4 Å². The molecule has 9 heteroatoms. The number of ether oxygens (including phenoxy) is 3. The normalized spacial score (nSPS) is 15.0. The zero-order valence-corrected chi connectivity index (χ0v) is 9.73. The third kappa shape index (κ3) is 7.14. The highest BCUT2D eigenvalue weighted by Gasteiger charge is 2.28. The van der Waals surface area contributed by atoms with E-state index in [4.69, 9.17) is 15.3 Å². The first kappa shape index (κ1) is 15.8. The van der Waals surface area contributed by atoms with Crippen LogP contribution in [0.2, 0.25) is 0 Å². The Morgan fingerprint density at radius 3 is 1.72 bits per heavy atom. The van der Waals surface area contributed by atoms with Crippen LogP contribution in [-0.2, 0) is 14.2 Å². The predicted molar refractivity (Wildman–Crippen MR) is 54.7 cm³/mol. The Balaban J connectivity index is 4.51. The van der Waals surface area contributed by atoms with Gasteiger partial charge in [0, 0.05) is 6.42 Å². The maximum atomic E-state index is 10.4. The highest BCUT2D eigenvalue weighted by molar-refractivity contribution is 5.58. The molecule has 0 aliphatic carbocycles. The summed E-state index contributed by atoms with van der Waals surface area (Å²) in [5.74, 6) is 0. The molecule has 0 aliphatic heterocycles. The Hall–Kier alpha value is -2.19. The first-order chi connectivity index (χ1) is 8.22. The lowest BCUT2D eigenvalue weighted by atomic mass is 10.1. The fraction of sp³-hybridized carbons (Fsp3) is 0.667. The molecule has 0 aromatic carbocycles. The first-order valence-electron chi connectivity index (χ1n) is 4.91. The maximum Gasteiger partial charge on any atom is 0.506 e. The summed E-state index contributed by atoms with van der Waals surface area (Å²) in [7, 11) is 0. The first-order valence-corrected chi connectivity index (χ1v) is 4.91. The highest BCUT2D eigenvalue weighted by atomic mass is 16.7. The van der Waals surface area contributed by atoms with Crippen molar-refractivity contribution in [2.75, 3.05) is 0 Å². The summed E-state index contributed by atoms with van der Waals surface area (Å²) in [5.41, 5.74) is 0. The van der Waals surface area contributed by atoms with E-state index in [0.717, 1.165) is 0 Å². The van der Waals surface area contributed by atoms with Gasteiger partial charge >= 0.3 is 18.5 Å². The van der Waals surface area contributed by atoms with Gasteiger partial charge in [-0.2, -0.15) is 0 Å². The molecule has 0 fully saturated rings. The molecule has 9 nitrogen and oxygen atoms in total. The Labute approximate surface area is 102 Å². The van der Waals surface area contributed by atoms with Gasteiger partial charge in [-0.3, -0.25) is 0 Å². The third-order valence-corrected chi connectivity index (χ3v) is 1.93. The van der Waals surface area contributed by atoms with E-state index >= 15 is 0 Å². The second-order valence-corrected chi connectivity index (χ2v) is 3.44. The van der Waals surface area contributed by atoms with Crippen molar-refractivity contribution in [1.82, 2.24) is 0 Å². The molecule has 104 valence electrons. The van der Waals surface area contributed by atoms with E-state index in [2.05, 4.69) is 14.2 Å². The molecule has 0 rings (SSSR count).